The number of thioether (sulfide) groups is 1. The minimum absolute atomic E-state index is 0.231. The number of ketones is 1. The van der Waals surface area contributed by atoms with Crippen LogP contribution in [-0.4, -0.2) is 16.3 Å². The van der Waals surface area contributed by atoms with Crippen LogP contribution in [0.3, 0.4) is 0 Å². The lowest BCUT2D eigenvalue weighted by Crippen LogP contribution is -2.34. The second-order valence-electron chi connectivity index (χ2n) is 6.67. The largest absolute Gasteiger partial charge is 0.299 e. The number of rotatable bonds is 3. The Bertz CT molecular complexity index is 708. The summed E-state index contributed by atoms with van der Waals surface area (Å²) in [5, 5.41) is 3.91. The van der Waals surface area contributed by atoms with Crippen molar-refractivity contribution in [2.75, 3.05) is 0 Å². The van der Waals surface area contributed by atoms with Gasteiger partial charge in [0.1, 0.15) is 5.78 Å². The van der Waals surface area contributed by atoms with Crippen molar-refractivity contribution in [1.82, 2.24) is 0 Å². The van der Waals surface area contributed by atoms with Crippen LogP contribution in [-0.2, 0) is 4.79 Å². The molecule has 0 spiro atoms. The SMILES string of the molecule is CCC(=O)[C@@H]1[C@@H]2CCC(C[C@@H]1c1ccc3ccccc3c1)S2. The number of hydrogen-bond donors (Lipinski definition) is 0. The first-order valence-corrected chi connectivity index (χ1v) is 9.37. The van der Waals surface area contributed by atoms with E-state index in [4.69, 9.17) is 0 Å². The Balaban J connectivity index is 1.75. The third kappa shape index (κ3) is 2.38. The minimum Gasteiger partial charge on any atom is -0.299 e. The fourth-order valence-corrected chi connectivity index (χ4v) is 6.18. The van der Waals surface area contributed by atoms with E-state index in [9.17, 15) is 4.79 Å². The minimum atomic E-state index is 0.231. The summed E-state index contributed by atoms with van der Waals surface area (Å²) >= 11 is 2.09. The van der Waals surface area contributed by atoms with Crippen LogP contribution in [0.2, 0.25) is 0 Å². The average molecular weight is 310 g/mol. The van der Waals surface area contributed by atoms with Crippen molar-refractivity contribution < 1.29 is 4.79 Å². The van der Waals surface area contributed by atoms with E-state index in [0.29, 0.717) is 23.4 Å². The smallest absolute Gasteiger partial charge is 0.137 e. The van der Waals surface area contributed by atoms with Crippen LogP contribution in [0.5, 0.6) is 0 Å². The van der Waals surface area contributed by atoms with E-state index in [1.807, 2.05) is 6.92 Å². The van der Waals surface area contributed by atoms with Gasteiger partial charge in [-0.25, -0.2) is 0 Å². The number of hydrogen-bond acceptors (Lipinski definition) is 2. The highest BCUT2D eigenvalue weighted by molar-refractivity contribution is 8.00. The van der Waals surface area contributed by atoms with Crippen LogP contribution < -0.4 is 0 Å². The molecule has 2 aromatic rings. The fourth-order valence-electron chi connectivity index (χ4n) is 4.31. The van der Waals surface area contributed by atoms with Gasteiger partial charge in [0.2, 0.25) is 0 Å². The molecule has 4 rings (SSSR count). The first kappa shape index (κ1) is 14.3. The van der Waals surface area contributed by atoms with Crippen LogP contribution in [0, 0.1) is 5.92 Å². The van der Waals surface area contributed by atoms with Crippen molar-refractivity contribution in [3.8, 4) is 0 Å². The molecule has 1 unspecified atom stereocenters. The molecular formula is C20H22OS. The van der Waals surface area contributed by atoms with Crippen molar-refractivity contribution in [1.29, 1.82) is 0 Å². The number of benzene rings is 2. The van der Waals surface area contributed by atoms with E-state index >= 15 is 0 Å². The van der Waals surface area contributed by atoms with Crippen molar-refractivity contribution >= 4 is 28.3 Å². The summed E-state index contributed by atoms with van der Waals surface area (Å²) < 4.78 is 0. The predicted octanol–water partition coefficient (Wildman–Crippen LogP) is 5.19. The summed E-state index contributed by atoms with van der Waals surface area (Å²) in [5.41, 5.74) is 1.38. The van der Waals surface area contributed by atoms with E-state index in [1.165, 1.54) is 35.6 Å². The van der Waals surface area contributed by atoms with Crippen LogP contribution >= 0.6 is 11.8 Å². The third-order valence-corrected chi connectivity index (χ3v) is 7.10. The molecule has 4 atom stereocenters. The maximum absolute atomic E-state index is 12.6. The maximum Gasteiger partial charge on any atom is 0.137 e. The molecule has 2 aliphatic rings. The lowest BCUT2D eigenvalue weighted by Gasteiger charge is -2.35. The zero-order valence-corrected chi connectivity index (χ0v) is 13.8. The van der Waals surface area contributed by atoms with Gasteiger partial charge in [-0.1, -0.05) is 49.4 Å². The number of carbonyl (C=O) groups is 1. The van der Waals surface area contributed by atoms with Gasteiger partial charge < -0.3 is 0 Å². The molecule has 0 aliphatic carbocycles. The first-order chi connectivity index (χ1) is 10.8. The molecule has 0 N–H and O–H groups in total. The molecule has 2 aromatic carbocycles. The molecule has 2 aliphatic heterocycles. The van der Waals surface area contributed by atoms with Crippen LogP contribution in [0.4, 0.5) is 0 Å². The van der Waals surface area contributed by atoms with Crippen LogP contribution in [0.25, 0.3) is 10.8 Å². The van der Waals surface area contributed by atoms with Gasteiger partial charge in [-0.2, -0.15) is 11.8 Å². The van der Waals surface area contributed by atoms with Crippen molar-refractivity contribution in [2.45, 2.75) is 49.0 Å². The van der Waals surface area contributed by atoms with E-state index in [1.54, 1.807) is 0 Å². The van der Waals surface area contributed by atoms with Gasteiger partial charge in [-0.05, 0) is 41.5 Å². The van der Waals surface area contributed by atoms with Crippen molar-refractivity contribution in [2.24, 2.45) is 5.92 Å². The normalized spacial score (nSPS) is 30.6. The van der Waals surface area contributed by atoms with E-state index < -0.39 is 0 Å². The lowest BCUT2D eigenvalue weighted by molar-refractivity contribution is -0.123. The fraction of sp³-hybridized carbons (Fsp3) is 0.450. The quantitative estimate of drug-likeness (QED) is 0.776. The van der Waals surface area contributed by atoms with Gasteiger partial charge in [0.05, 0.1) is 0 Å². The van der Waals surface area contributed by atoms with Gasteiger partial charge in [0.15, 0.2) is 0 Å². The van der Waals surface area contributed by atoms with E-state index in [-0.39, 0.29) is 5.92 Å². The monoisotopic (exact) mass is 310 g/mol. The molecule has 0 aromatic heterocycles. The summed E-state index contributed by atoms with van der Waals surface area (Å²) in [4.78, 5) is 12.6. The molecule has 22 heavy (non-hydrogen) atoms. The van der Waals surface area contributed by atoms with Gasteiger partial charge >= 0.3 is 0 Å². The Labute approximate surface area is 136 Å². The molecule has 2 heteroatoms. The molecule has 2 fully saturated rings. The highest BCUT2D eigenvalue weighted by atomic mass is 32.2. The summed E-state index contributed by atoms with van der Waals surface area (Å²) in [6.07, 6.45) is 4.38. The zero-order chi connectivity index (χ0) is 15.1. The predicted molar refractivity (Wildman–Crippen MR) is 94.5 cm³/mol. The topological polar surface area (TPSA) is 17.1 Å². The molecule has 0 saturated carbocycles. The van der Waals surface area contributed by atoms with Gasteiger partial charge in [-0.3, -0.25) is 4.79 Å². The second kappa shape index (κ2) is 5.73. The van der Waals surface area contributed by atoms with Crippen LogP contribution in [0.1, 0.15) is 44.1 Å². The van der Waals surface area contributed by atoms with Crippen molar-refractivity contribution in [3.63, 3.8) is 0 Å². The van der Waals surface area contributed by atoms with E-state index in [2.05, 4.69) is 54.2 Å². The molecule has 114 valence electrons. The van der Waals surface area contributed by atoms with Gasteiger partial charge in [0.25, 0.3) is 0 Å². The average Bonchev–Trinajstić information content (AvgIpc) is 2.95. The number of fused-ring (bicyclic) bond motifs is 3. The first-order valence-electron chi connectivity index (χ1n) is 8.43. The highest BCUT2D eigenvalue weighted by Gasteiger charge is 2.45. The molecular weight excluding hydrogens is 288 g/mol. The van der Waals surface area contributed by atoms with Gasteiger partial charge in [0, 0.05) is 22.8 Å². The Kier molecular flexibility index (Phi) is 3.73. The maximum atomic E-state index is 12.6. The van der Waals surface area contributed by atoms with E-state index in [0.717, 1.165) is 5.25 Å². The highest BCUT2D eigenvalue weighted by Crippen LogP contribution is 2.53. The van der Waals surface area contributed by atoms with Gasteiger partial charge in [-0.15, -0.1) is 0 Å². The molecule has 0 radical (unpaired) electrons. The molecule has 2 heterocycles. The standard InChI is InChI=1S/C20H22OS/c1-2-18(21)20-17(12-16-9-10-19(20)22-16)15-8-7-13-5-3-4-6-14(13)11-15/h3-8,11,16-17,19-20H,2,9-10,12H2,1H3/t16?,17-,19+,20-/m1/s1. The zero-order valence-electron chi connectivity index (χ0n) is 13.0. The Morgan fingerprint density at radius 1 is 1.14 bits per heavy atom. The molecule has 1 nitrogen and oxygen atoms in total. The summed E-state index contributed by atoms with van der Waals surface area (Å²) in [6, 6.07) is 15.3. The molecule has 2 bridgehead atoms. The second-order valence-corrected chi connectivity index (χ2v) is 8.21. The molecule has 2 saturated heterocycles. The van der Waals surface area contributed by atoms with Crippen LogP contribution in [0.15, 0.2) is 42.5 Å². The number of carbonyl (C=O) groups excluding carboxylic acids is 1. The summed E-state index contributed by atoms with van der Waals surface area (Å²) in [7, 11) is 0. The summed E-state index contributed by atoms with van der Waals surface area (Å²) in [6.45, 7) is 2.02. The molecule has 0 amide bonds. The Morgan fingerprint density at radius 3 is 2.77 bits per heavy atom. The lowest BCUT2D eigenvalue weighted by atomic mass is 9.78. The number of Topliss-reactive ketones (excluding diaryl/α,β-unsaturated/α-hetero) is 1. The third-order valence-electron chi connectivity index (χ3n) is 5.41. The van der Waals surface area contributed by atoms with Crippen molar-refractivity contribution in [3.05, 3.63) is 48.0 Å². The summed E-state index contributed by atoms with van der Waals surface area (Å²) in [5.74, 6) is 1.13. The Hall–Kier alpha value is -1.28. The Morgan fingerprint density at radius 2 is 1.95 bits per heavy atom.